The van der Waals surface area contributed by atoms with Crippen molar-refractivity contribution in [2.75, 3.05) is 7.05 Å². The molecule has 4 nitrogen and oxygen atoms in total. The Kier molecular flexibility index (Phi) is 14.4. The molecule has 0 amide bonds. The summed E-state index contributed by atoms with van der Waals surface area (Å²) in [5.41, 5.74) is 3.91. The summed E-state index contributed by atoms with van der Waals surface area (Å²) in [7, 11) is 1.86. The third-order valence-electron chi connectivity index (χ3n) is 5.26. The number of carbonyl (C=O) groups excluding carboxylic acids is 1. The first kappa shape index (κ1) is 29.3. The molecule has 0 radical (unpaired) electrons. The lowest BCUT2D eigenvalue weighted by Gasteiger charge is -2.19. The minimum Gasteiger partial charge on any atom is -0.457 e. The topological polar surface area (TPSA) is 41.9 Å². The van der Waals surface area contributed by atoms with Gasteiger partial charge in [0, 0.05) is 24.6 Å². The monoisotopic (exact) mass is 482 g/mol. The predicted octanol–water partition coefficient (Wildman–Crippen LogP) is 7.94. The number of hydrogen-bond donors (Lipinski definition) is 0. The van der Waals surface area contributed by atoms with Crippen molar-refractivity contribution in [2.45, 2.75) is 78.7 Å². The standard InChI is InChI=1S/C29H39ClN2O2/c1-7-11-16-24(22-31-32(6)26(13-8-2)14-9-3)17-12-18-29(33)34-28(15-10-4)25-19-20-27(30)23(5)21-25/h2,9,13-14,16,19-22,28H,7,10-12,15,17-18H2,1,3-6H3/b14-9-,24-16+,26-13+,31-22-. The number of likely N-dealkylation sites (N-methyl/N-ethyl adjacent to an activating group) is 1. The molecule has 0 aliphatic rings. The SMILES string of the molecule is C#C/C=C(\C=C/C)N(C)/N=C\C(=C\CCC)CCCC(=O)OC(CCC)c1ccc(Cl)c(C)c1. The molecule has 0 bridgehead atoms. The van der Waals surface area contributed by atoms with E-state index < -0.39 is 0 Å². The third-order valence-corrected chi connectivity index (χ3v) is 5.68. The Balaban J connectivity index is 2.75. The lowest BCUT2D eigenvalue weighted by molar-refractivity contribution is -0.150. The molecule has 0 aliphatic heterocycles. The summed E-state index contributed by atoms with van der Waals surface area (Å²) >= 11 is 6.15. The van der Waals surface area contributed by atoms with Gasteiger partial charge >= 0.3 is 5.97 Å². The molecule has 5 heteroatoms. The van der Waals surface area contributed by atoms with Crippen molar-refractivity contribution >= 4 is 23.8 Å². The van der Waals surface area contributed by atoms with Crippen LogP contribution in [0.4, 0.5) is 0 Å². The maximum Gasteiger partial charge on any atom is 0.306 e. The van der Waals surface area contributed by atoms with E-state index in [4.69, 9.17) is 22.8 Å². The molecular formula is C29H39ClN2O2. The summed E-state index contributed by atoms with van der Waals surface area (Å²) in [4.78, 5) is 12.6. The summed E-state index contributed by atoms with van der Waals surface area (Å²) < 4.78 is 5.84. The van der Waals surface area contributed by atoms with Crippen molar-refractivity contribution < 1.29 is 9.53 Å². The Morgan fingerprint density at radius 2 is 2.06 bits per heavy atom. The van der Waals surface area contributed by atoms with Gasteiger partial charge in [0.2, 0.25) is 0 Å². The lowest BCUT2D eigenvalue weighted by Crippen LogP contribution is -2.12. The Bertz CT molecular complexity index is 938. The lowest BCUT2D eigenvalue weighted by atomic mass is 10.0. The van der Waals surface area contributed by atoms with Gasteiger partial charge in [-0.15, -0.1) is 6.42 Å². The Labute approximate surface area is 211 Å². The Morgan fingerprint density at radius 1 is 1.29 bits per heavy atom. The van der Waals surface area contributed by atoms with Crippen LogP contribution in [-0.2, 0) is 9.53 Å². The molecule has 1 unspecified atom stereocenters. The number of unbranched alkanes of at least 4 members (excludes halogenated alkanes) is 1. The van der Waals surface area contributed by atoms with Gasteiger partial charge in [0.15, 0.2) is 0 Å². The van der Waals surface area contributed by atoms with Crippen LogP contribution in [0.3, 0.4) is 0 Å². The normalized spacial score (nSPS) is 13.3. The van der Waals surface area contributed by atoms with Crippen LogP contribution in [0.5, 0.6) is 0 Å². The van der Waals surface area contributed by atoms with Crippen molar-refractivity contribution in [2.24, 2.45) is 5.10 Å². The highest BCUT2D eigenvalue weighted by Gasteiger charge is 2.17. The number of halogens is 1. The molecule has 0 fully saturated rings. The van der Waals surface area contributed by atoms with Crippen LogP contribution in [0.15, 0.2) is 58.9 Å². The van der Waals surface area contributed by atoms with Crippen LogP contribution in [0.2, 0.25) is 5.02 Å². The number of rotatable bonds is 14. The van der Waals surface area contributed by atoms with Crippen molar-refractivity contribution in [1.29, 1.82) is 0 Å². The van der Waals surface area contributed by atoms with Crippen LogP contribution in [0.1, 0.15) is 82.9 Å². The largest absolute Gasteiger partial charge is 0.457 e. The number of terminal acetylenes is 1. The number of nitrogens with zero attached hydrogens (tertiary/aromatic N) is 2. The summed E-state index contributed by atoms with van der Waals surface area (Å²) in [5.74, 6) is 2.36. The number of benzene rings is 1. The second-order valence-corrected chi connectivity index (χ2v) is 8.61. The molecule has 0 saturated carbocycles. The van der Waals surface area contributed by atoms with Gasteiger partial charge in [-0.2, -0.15) is 5.10 Å². The zero-order valence-electron chi connectivity index (χ0n) is 21.3. The molecule has 0 saturated heterocycles. The quantitative estimate of drug-likeness (QED) is 0.0888. The fourth-order valence-electron chi connectivity index (χ4n) is 3.36. The zero-order valence-corrected chi connectivity index (χ0v) is 22.1. The molecule has 0 spiro atoms. The number of carbonyl (C=O) groups is 1. The van der Waals surface area contributed by atoms with Crippen LogP contribution >= 0.6 is 11.6 Å². The fourth-order valence-corrected chi connectivity index (χ4v) is 3.48. The van der Waals surface area contributed by atoms with E-state index in [2.05, 4.69) is 30.9 Å². The highest BCUT2D eigenvalue weighted by molar-refractivity contribution is 6.31. The zero-order chi connectivity index (χ0) is 25.3. The average molecular weight is 483 g/mol. The molecule has 184 valence electrons. The summed E-state index contributed by atoms with van der Waals surface area (Å²) in [6.07, 6.45) is 20.3. The second kappa shape index (κ2) is 16.8. The molecule has 1 rings (SSSR count). The number of hydrogen-bond acceptors (Lipinski definition) is 4. The van der Waals surface area contributed by atoms with E-state index in [0.29, 0.717) is 12.8 Å². The van der Waals surface area contributed by atoms with Gasteiger partial charge in [0.25, 0.3) is 0 Å². The second-order valence-electron chi connectivity index (χ2n) is 8.20. The van der Waals surface area contributed by atoms with E-state index in [1.54, 1.807) is 11.1 Å². The predicted molar refractivity (Wildman–Crippen MR) is 145 cm³/mol. The smallest absolute Gasteiger partial charge is 0.306 e. The van der Waals surface area contributed by atoms with E-state index in [0.717, 1.165) is 59.5 Å². The van der Waals surface area contributed by atoms with E-state index in [-0.39, 0.29) is 12.1 Å². The number of esters is 1. The van der Waals surface area contributed by atoms with E-state index in [1.165, 1.54) is 0 Å². The van der Waals surface area contributed by atoms with Gasteiger partial charge in [-0.3, -0.25) is 9.80 Å². The van der Waals surface area contributed by atoms with Crippen molar-refractivity contribution in [3.63, 3.8) is 0 Å². The van der Waals surface area contributed by atoms with Gasteiger partial charge in [0.1, 0.15) is 6.10 Å². The average Bonchev–Trinajstić information content (AvgIpc) is 2.81. The van der Waals surface area contributed by atoms with Crippen molar-refractivity contribution in [1.82, 2.24) is 5.01 Å². The first-order valence-electron chi connectivity index (χ1n) is 12.1. The minimum atomic E-state index is -0.244. The van der Waals surface area contributed by atoms with Crippen LogP contribution < -0.4 is 0 Å². The molecule has 0 N–H and O–H groups in total. The van der Waals surface area contributed by atoms with E-state index >= 15 is 0 Å². The molecule has 1 aromatic rings. The fraction of sp³-hybridized carbons (Fsp3) is 0.448. The van der Waals surface area contributed by atoms with E-state index in [1.807, 2.05) is 57.5 Å². The maximum absolute atomic E-state index is 12.6. The molecule has 1 aromatic carbocycles. The van der Waals surface area contributed by atoms with Gasteiger partial charge < -0.3 is 4.74 Å². The van der Waals surface area contributed by atoms with Gasteiger partial charge in [-0.1, -0.05) is 68.5 Å². The summed E-state index contributed by atoms with van der Waals surface area (Å²) in [6, 6.07) is 5.81. The number of aryl methyl sites for hydroxylation is 1. The van der Waals surface area contributed by atoms with Crippen LogP contribution in [0.25, 0.3) is 0 Å². The third kappa shape index (κ3) is 10.9. The minimum absolute atomic E-state index is 0.178. The van der Waals surface area contributed by atoms with Gasteiger partial charge in [-0.05, 0) is 68.4 Å². The van der Waals surface area contributed by atoms with Crippen LogP contribution in [0, 0.1) is 19.3 Å². The first-order valence-corrected chi connectivity index (χ1v) is 12.4. The molecule has 1 atom stereocenters. The number of ether oxygens (including phenoxy) is 1. The number of allylic oxidation sites excluding steroid dienone is 5. The van der Waals surface area contributed by atoms with Gasteiger partial charge in [-0.25, -0.2) is 0 Å². The van der Waals surface area contributed by atoms with Gasteiger partial charge in [0.05, 0.1) is 11.9 Å². The maximum atomic E-state index is 12.6. The van der Waals surface area contributed by atoms with Crippen molar-refractivity contribution in [3.05, 3.63) is 69.9 Å². The Morgan fingerprint density at radius 3 is 2.68 bits per heavy atom. The van der Waals surface area contributed by atoms with Crippen molar-refractivity contribution in [3.8, 4) is 12.3 Å². The molecule has 0 aromatic heterocycles. The summed E-state index contributed by atoms with van der Waals surface area (Å²) in [5, 5.41) is 7.00. The first-order chi connectivity index (χ1) is 16.4. The highest BCUT2D eigenvalue weighted by Crippen LogP contribution is 2.27. The number of hydrazone groups is 1. The van der Waals surface area contributed by atoms with E-state index in [9.17, 15) is 4.79 Å². The molecule has 34 heavy (non-hydrogen) atoms. The molecule has 0 heterocycles. The Hall–Kier alpha value is -2.77. The molecular weight excluding hydrogens is 444 g/mol. The summed E-state index contributed by atoms with van der Waals surface area (Å²) in [6.45, 7) is 8.13. The highest BCUT2D eigenvalue weighted by atomic mass is 35.5. The molecule has 0 aliphatic carbocycles. The van der Waals surface area contributed by atoms with Crippen LogP contribution in [-0.4, -0.2) is 24.2 Å².